The summed E-state index contributed by atoms with van der Waals surface area (Å²) in [6, 6.07) is -0.578. The molecule has 0 bridgehead atoms. The van der Waals surface area contributed by atoms with Gasteiger partial charge in [-0.1, -0.05) is 12.2 Å². The SMILES string of the molecule is COC(=O)CN1CC/C=C\CCN(C(C)=O)CC(=O)N2CCC[C@H]2C1=O. The third-order valence-corrected chi connectivity index (χ3v) is 4.79. The van der Waals surface area contributed by atoms with Crippen LogP contribution in [0.4, 0.5) is 0 Å². The first-order valence-electron chi connectivity index (χ1n) is 8.99. The number of hydrogen-bond acceptors (Lipinski definition) is 5. The van der Waals surface area contributed by atoms with E-state index in [-0.39, 0.29) is 30.8 Å². The lowest BCUT2D eigenvalue weighted by Crippen LogP contribution is -2.51. The number of methoxy groups -OCH3 is 1. The van der Waals surface area contributed by atoms with Crippen molar-refractivity contribution in [3.8, 4) is 0 Å². The van der Waals surface area contributed by atoms with E-state index in [1.807, 2.05) is 12.2 Å². The lowest BCUT2D eigenvalue weighted by Gasteiger charge is -2.31. The Labute approximate surface area is 153 Å². The van der Waals surface area contributed by atoms with Crippen molar-refractivity contribution in [2.45, 2.75) is 38.6 Å². The van der Waals surface area contributed by atoms with Crippen molar-refractivity contribution in [3.63, 3.8) is 0 Å². The highest BCUT2D eigenvalue weighted by molar-refractivity contribution is 5.91. The van der Waals surface area contributed by atoms with E-state index < -0.39 is 12.0 Å². The Morgan fingerprint density at radius 3 is 2.50 bits per heavy atom. The monoisotopic (exact) mass is 365 g/mol. The molecule has 26 heavy (non-hydrogen) atoms. The molecule has 0 unspecified atom stereocenters. The molecule has 1 atom stereocenters. The average molecular weight is 365 g/mol. The molecule has 8 nitrogen and oxygen atoms in total. The fourth-order valence-corrected chi connectivity index (χ4v) is 3.32. The van der Waals surface area contributed by atoms with E-state index in [4.69, 9.17) is 4.74 Å². The highest BCUT2D eigenvalue weighted by Gasteiger charge is 2.37. The van der Waals surface area contributed by atoms with Gasteiger partial charge in [0.15, 0.2) is 0 Å². The summed E-state index contributed by atoms with van der Waals surface area (Å²) in [7, 11) is 1.29. The van der Waals surface area contributed by atoms with Gasteiger partial charge in [-0.15, -0.1) is 0 Å². The molecule has 2 rings (SSSR count). The highest BCUT2D eigenvalue weighted by Crippen LogP contribution is 2.20. The largest absolute Gasteiger partial charge is 0.468 e. The molecule has 2 aliphatic rings. The topological polar surface area (TPSA) is 87.2 Å². The average Bonchev–Trinajstić information content (AvgIpc) is 3.10. The van der Waals surface area contributed by atoms with E-state index in [0.29, 0.717) is 38.9 Å². The number of fused-ring (bicyclic) bond motifs is 1. The summed E-state index contributed by atoms with van der Waals surface area (Å²) in [5.74, 6) is -1.10. The van der Waals surface area contributed by atoms with Crippen LogP contribution in [0.5, 0.6) is 0 Å². The first kappa shape index (κ1) is 19.9. The maximum absolute atomic E-state index is 13.0. The van der Waals surface area contributed by atoms with Gasteiger partial charge in [0.1, 0.15) is 12.6 Å². The van der Waals surface area contributed by atoms with Crippen LogP contribution in [0, 0.1) is 0 Å². The first-order valence-corrected chi connectivity index (χ1v) is 8.99. The van der Waals surface area contributed by atoms with Crippen molar-refractivity contribution in [1.82, 2.24) is 14.7 Å². The first-order chi connectivity index (χ1) is 12.4. The number of amides is 3. The molecule has 1 saturated heterocycles. The van der Waals surface area contributed by atoms with Crippen molar-refractivity contribution in [3.05, 3.63) is 12.2 Å². The van der Waals surface area contributed by atoms with E-state index in [9.17, 15) is 19.2 Å². The second kappa shape index (κ2) is 9.35. The van der Waals surface area contributed by atoms with E-state index in [1.165, 1.54) is 23.8 Å². The van der Waals surface area contributed by atoms with E-state index in [2.05, 4.69) is 0 Å². The van der Waals surface area contributed by atoms with Crippen LogP contribution in [0.2, 0.25) is 0 Å². The summed E-state index contributed by atoms with van der Waals surface area (Å²) >= 11 is 0. The van der Waals surface area contributed by atoms with Crippen LogP contribution >= 0.6 is 0 Å². The van der Waals surface area contributed by atoms with Crippen molar-refractivity contribution in [2.75, 3.05) is 39.8 Å². The molecular weight excluding hydrogens is 338 g/mol. The zero-order valence-corrected chi connectivity index (χ0v) is 15.5. The Bertz CT molecular complexity index is 589. The molecular formula is C18H27N3O5. The predicted molar refractivity (Wildman–Crippen MR) is 94.0 cm³/mol. The van der Waals surface area contributed by atoms with Crippen molar-refractivity contribution in [2.24, 2.45) is 0 Å². The summed E-state index contributed by atoms with van der Waals surface area (Å²) in [5, 5.41) is 0. The Balaban J connectivity index is 2.22. The normalized spacial score (nSPS) is 23.6. The number of nitrogens with zero attached hydrogens (tertiary/aromatic N) is 3. The minimum Gasteiger partial charge on any atom is -0.468 e. The van der Waals surface area contributed by atoms with Crippen molar-refractivity contribution in [1.29, 1.82) is 0 Å². The molecule has 144 valence electrons. The molecule has 0 aromatic carbocycles. The van der Waals surface area contributed by atoms with Gasteiger partial charge in [0.2, 0.25) is 17.7 Å². The summed E-state index contributed by atoms with van der Waals surface area (Å²) in [6.07, 6.45) is 6.40. The second-order valence-electron chi connectivity index (χ2n) is 6.57. The predicted octanol–water partition coefficient (Wildman–Crippen LogP) is 0.178. The minimum absolute atomic E-state index is 0.0239. The van der Waals surface area contributed by atoms with Gasteiger partial charge in [-0.05, 0) is 25.7 Å². The number of carbonyl (C=O) groups excluding carboxylic acids is 4. The second-order valence-corrected chi connectivity index (χ2v) is 6.57. The van der Waals surface area contributed by atoms with Gasteiger partial charge in [-0.3, -0.25) is 19.2 Å². The van der Waals surface area contributed by atoms with Crippen LogP contribution in [0.15, 0.2) is 12.2 Å². The van der Waals surface area contributed by atoms with Crippen LogP contribution in [0.3, 0.4) is 0 Å². The molecule has 0 aromatic heterocycles. The summed E-state index contributed by atoms with van der Waals surface area (Å²) < 4.78 is 4.69. The fraction of sp³-hybridized carbons (Fsp3) is 0.667. The van der Waals surface area contributed by atoms with E-state index in [1.54, 1.807) is 4.90 Å². The van der Waals surface area contributed by atoms with Gasteiger partial charge in [-0.2, -0.15) is 0 Å². The molecule has 8 heteroatoms. The standard InChI is InChI=1S/C18H27N3O5/c1-14(22)19-9-5-3-4-6-10-20(13-17(24)26-2)18(25)15-8-7-11-21(15)16(23)12-19/h3-4,15H,5-13H2,1-2H3/b4-3-/t15-/m0/s1. The Hall–Kier alpha value is -2.38. The van der Waals surface area contributed by atoms with Crippen molar-refractivity contribution >= 4 is 23.7 Å². The summed E-state index contributed by atoms with van der Waals surface area (Å²) in [4.78, 5) is 53.6. The quantitative estimate of drug-likeness (QED) is 0.515. The Morgan fingerprint density at radius 2 is 1.85 bits per heavy atom. The zero-order chi connectivity index (χ0) is 19.1. The molecule has 2 heterocycles. The van der Waals surface area contributed by atoms with Gasteiger partial charge in [-0.25, -0.2) is 0 Å². The van der Waals surface area contributed by atoms with Crippen LogP contribution in [-0.2, 0) is 23.9 Å². The Morgan fingerprint density at radius 1 is 1.15 bits per heavy atom. The van der Waals surface area contributed by atoms with Gasteiger partial charge in [0.05, 0.1) is 13.7 Å². The van der Waals surface area contributed by atoms with Crippen molar-refractivity contribution < 1.29 is 23.9 Å². The van der Waals surface area contributed by atoms with Gasteiger partial charge in [0, 0.05) is 26.6 Å². The maximum atomic E-state index is 13.0. The molecule has 0 aromatic rings. The molecule has 2 aliphatic heterocycles. The lowest BCUT2D eigenvalue weighted by molar-refractivity contribution is -0.151. The fourth-order valence-electron chi connectivity index (χ4n) is 3.32. The highest BCUT2D eigenvalue weighted by atomic mass is 16.5. The summed E-state index contributed by atoms with van der Waals surface area (Å²) in [5.41, 5.74) is 0. The molecule has 0 radical (unpaired) electrons. The van der Waals surface area contributed by atoms with Crippen LogP contribution in [-0.4, -0.2) is 84.3 Å². The molecule has 1 fully saturated rings. The molecule has 0 spiro atoms. The van der Waals surface area contributed by atoms with E-state index >= 15 is 0 Å². The lowest BCUT2D eigenvalue weighted by atomic mass is 10.1. The zero-order valence-electron chi connectivity index (χ0n) is 15.5. The maximum Gasteiger partial charge on any atom is 0.325 e. The Kier molecular flexibility index (Phi) is 7.17. The number of rotatable bonds is 2. The van der Waals surface area contributed by atoms with Gasteiger partial charge in [0.25, 0.3) is 0 Å². The molecule has 0 aliphatic carbocycles. The minimum atomic E-state index is -0.578. The molecule has 0 saturated carbocycles. The van der Waals surface area contributed by atoms with Crippen LogP contribution < -0.4 is 0 Å². The number of ether oxygens (including phenoxy) is 1. The van der Waals surface area contributed by atoms with Crippen LogP contribution in [0.1, 0.15) is 32.6 Å². The van der Waals surface area contributed by atoms with Crippen LogP contribution in [0.25, 0.3) is 0 Å². The molecule has 0 N–H and O–H groups in total. The van der Waals surface area contributed by atoms with Gasteiger partial charge < -0.3 is 19.4 Å². The van der Waals surface area contributed by atoms with Gasteiger partial charge >= 0.3 is 5.97 Å². The molecule has 3 amide bonds. The summed E-state index contributed by atoms with van der Waals surface area (Å²) in [6.45, 7) is 2.64. The number of hydrogen-bond donors (Lipinski definition) is 0. The third-order valence-electron chi connectivity index (χ3n) is 4.79. The smallest absolute Gasteiger partial charge is 0.325 e. The third kappa shape index (κ3) is 5.06. The number of carbonyl (C=O) groups is 4. The number of esters is 1. The van der Waals surface area contributed by atoms with E-state index in [0.717, 1.165) is 6.42 Å².